The van der Waals surface area contributed by atoms with E-state index >= 15 is 0 Å². The Bertz CT molecular complexity index is 1110. The number of carbonyl (C=O) groups excluding carboxylic acids is 1. The second-order valence-electron chi connectivity index (χ2n) is 6.19. The largest absolute Gasteiger partial charge is 0.485 e. The molecule has 4 aromatic rings. The fourth-order valence-corrected chi connectivity index (χ4v) is 3.48. The van der Waals surface area contributed by atoms with Crippen LogP contribution in [0, 0.1) is 6.92 Å². The van der Waals surface area contributed by atoms with Crippen molar-refractivity contribution in [2.24, 2.45) is 0 Å². The Hall–Kier alpha value is -3.33. The number of amides is 1. The van der Waals surface area contributed by atoms with Gasteiger partial charge in [-0.25, -0.2) is 15.0 Å². The van der Waals surface area contributed by atoms with Gasteiger partial charge in [0.2, 0.25) is 0 Å². The quantitative estimate of drug-likeness (QED) is 0.495. The van der Waals surface area contributed by atoms with E-state index in [1.807, 2.05) is 25.1 Å². The van der Waals surface area contributed by atoms with Gasteiger partial charge in [-0.2, -0.15) is 0 Å². The molecule has 4 rings (SSSR count). The predicted octanol–water partition coefficient (Wildman–Crippen LogP) is 3.23. The van der Waals surface area contributed by atoms with Crippen molar-refractivity contribution in [1.29, 1.82) is 0 Å². The first kappa shape index (κ1) is 18.1. The van der Waals surface area contributed by atoms with E-state index in [-0.39, 0.29) is 18.2 Å². The van der Waals surface area contributed by atoms with Crippen molar-refractivity contribution in [1.82, 2.24) is 25.0 Å². The van der Waals surface area contributed by atoms with Gasteiger partial charge in [-0.3, -0.25) is 4.79 Å². The summed E-state index contributed by atoms with van der Waals surface area (Å²) in [5, 5.41) is 4.87. The Kier molecular flexibility index (Phi) is 4.98. The minimum atomic E-state index is -0.256. The second-order valence-corrected chi connectivity index (χ2v) is 7.43. The number of thiazole rings is 1. The molecule has 0 fully saturated rings. The lowest BCUT2D eigenvalue weighted by atomic mass is 10.3. The number of ether oxygens (including phenoxy) is 1. The molecule has 0 atom stereocenters. The lowest BCUT2D eigenvalue weighted by Crippen LogP contribution is -2.26. The van der Waals surface area contributed by atoms with Gasteiger partial charge in [0.15, 0.2) is 11.5 Å². The van der Waals surface area contributed by atoms with Crippen LogP contribution in [-0.2, 0) is 13.2 Å². The van der Waals surface area contributed by atoms with Crippen LogP contribution in [0.15, 0.2) is 47.4 Å². The van der Waals surface area contributed by atoms with E-state index in [1.54, 1.807) is 36.7 Å². The van der Waals surface area contributed by atoms with Gasteiger partial charge in [0, 0.05) is 25.4 Å². The maximum Gasteiger partial charge on any atom is 0.276 e. The zero-order valence-corrected chi connectivity index (χ0v) is 16.1. The van der Waals surface area contributed by atoms with E-state index in [9.17, 15) is 4.79 Å². The van der Waals surface area contributed by atoms with Crippen LogP contribution < -0.4 is 4.74 Å². The lowest BCUT2D eigenvalue weighted by molar-refractivity contribution is 0.0772. The van der Waals surface area contributed by atoms with Gasteiger partial charge in [0.1, 0.15) is 18.7 Å². The summed E-state index contributed by atoms with van der Waals surface area (Å²) in [4.78, 5) is 26.4. The smallest absolute Gasteiger partial charge is 0.276 e. The fraction of sp³-hybridized carbons (Fsp3) is 0.211. The van der Waals surface area contributed by atoms with Crippen LogP contribution >= 0.6 is 11.3 Å². The van der Waals surface area contributed by atoms with Gasteiger partial charge in [-0.1, -0.05) is 5.16 Å². The summed E-state index contributed by atoms with van der Waals surface area (Å²) < 4.78 is 12.1. The molecule has 1 amide bonds. The van der Waals surface area contributed by atoms with Crippen LogP contribution in [0.3, 0.4) is 0 Å². The third-order valence-corrected chi connectivity index (χ3v) is 4.97. The zero-order chi connectivity index (χ0) is 19.5. The normalized spacial score (nSPS) is 10.9. The van der Waals surface area contributed by atoms with Crippen molar-refractivity contribution in [3.63, 3.8) is 0 Å². The van der Waals surface area contributed by atoms with Gasteiger partial charge in [-0.05, 0) is 25.1 Å². The van der Waals surface area contributed by atoms with E-state index in [4.69, 9.17) is 9.26 Å². The monoisotopic (exact) mass is 395 g/mol. The standard InChI is InChI=1S/C19H17N5O3S/c1-12-22-16-7-14(3-4-18(16)28-12)26-10-15-8-17(23-27-15)19(25)24(2)9-13-5-6-20-11-21-13/h3-8,11H,9-10H2,1-2H3. The first-order valence-corrected chi connectivity index (χ1v) is 9.36. The Labute approximate surface area is 164 Å². The number of benzene rings is 1. The highest BCUT2D eigenvalue weighted by atomic mass is 32.1. The molecular weight excluding hydrogens is 378 g/mol. The third kappa shape index (κ3) is 3.99. The molecule has 0 saturated heterocycles. The minimum Gasteiger partial charge on any atom is -0.485 e. The summed E-state index contributed by atoms with van der Waals surface area (Å²) in [6.07, 6.45) is 3.08. The average molecular weight is 395 g/mol. The number of aromatic nitrogens is 4. The fourth-order valence-electron chi connectivity index (χ4n) is 2.67. The number of hydrogen-bond acceptors (Lipinski definition) is 8. The van der Waals surface area contributed by atoms with Crippen molar-refractivity contribution in [3.05, 3.63) is 65.0 Å². The van der Waals surface area contributed by atoms with Gasteiger partial charge in [0.05, 0.1) is 27.5 Å². The van der Waals surface area contributed by atoms with Crippen molar-refractivity contribution >= 4 is 27.5 Å². The Morgan fingerprint density at radius 3 is 3.00 bits per heavy atom. The minimum absolute atomic E-state index is 0.171. The summed E-state index contributed by atoms with van der Waals surface area (Å²) in [5.41, 5.74) is 1.87. The van der Waals surface area contributed by atoms with Crippen LogP contribution in [0.2, 0.25) is 0 Å². The van der Waals surface area contributed by atoms with Crippen LogP contribution in [0.1, 0.15) is 27.0 Å². The van der Waals surface area contributed by atoms with Crippen molar-refractivity contribution < 1.29 is 14.1 Å². The molecule has 0 bridgehead atoms. The summed E-state index contributed by atoms with van der Waals surface area (Å²) in [6.45, 7) is 2.50. The van der Waals surface area contributed by atoms with E-state index in [2.05, 4.69) is 20.1 Å². The molecular formula is C19H17N5O3S. The maximum atomic E-state index is 12.5. The number of fused-ring (bicyclic) bond motifs is 1. The number of hydrogen-bond donors (Lipinski definition) is 0. The highest BCUT2D eigenvalue weighted by Crippen LogP contribution is 2.26. The van der Waals surface area contributed by atoms with Crippen molar-refractivity contribution in [2.75, 3.05) is 7.05 Å². The van der Waals surface area contributed by atoms with Crippen molar-refractivity contribution in [3.8, 4) is 5.75 Å². The molecule has 0 N–H and O–H groups in total. The summed E-state index contributed by atoms with van der Waals surface area (Å²) in [5.74, 6) is 0.893. The molecule has 142 valence electrons. The molecule has 8 nitrogen and oxygen atoms in total. The van der Waals surface area contributed by atoms with Crippen LogP contribution in [0.5, 0.6) is 5.75 Å². The number of rotatable bonds is 6. The van der Waals surface area contributed by atoms with Gasteiger partial charge < -0.3 is 14.2 Å². The van der Waals surface area contributed by atoms with E-state index in [0.29, 0.717) is 18.1 Å². The molecule has 0 saturated carbocycles. The molecule has 0 spiro atoms. The first-order valence-electron chi connectivity index (χ1n) is 8.54. The first-order chi connectivity index (χ1) is 13.6. The van der Waals surface area contributed by atoms with Crippen molar-refractivity contribution in [2.45, 2.75) is 20.1 Å². The van der Waals surface area contributed by atoms with E-state index in [0.717, 1.165) is 20.9 Å². The number of nitrogens with zero attached hydrogens (tertiary/aromatic N) is 5. The SMILES string of the molecule is Cc1nc2cc(OCc3cc(C(=O)N(C)Cc4ccncn4)no3)ccc2s1. The zero-order valence-electron chi connectivity index (χ0n) is 15.3. The molecule has 0 radical (unpaired) electrons. The molecule has 0 aliphatic heterocycles. The molecule has 3 aromatic heterocycles. The summed E-state index contributed by atoms with van der Waals surface area (Å²) >= 11 is 1.64. The topological polar surface area (TPSA) is 94.2 Å². The summed E-state index contributed by atoms with van der Waals surface area (Å²) in [7, 11) is 1.68. The number of aryl methyl sites for hydroxylation is 1. The number of carbonyl (C=O) groups is 1. The Morgan fingerprint density at radius 1 is 1.29 bits per heavy atom. The van der Waals surface area contributed by atoms with Gasteiger partial charge in [0.25, 0.3) is 5.91 Å². The molecule has 3 heterocycles. The van der Waals surface area contributed by atoms with Crippen LogP contribution in [0.25, 0.3) is 10.2 Å². The molecule has 28 heavy (non-hydrogen) atoms. The van der Waals surface area contributed by atoms with E-state index in [1.165, 1.54) is 11.2 Å². The molecule has 0 aliphatic rings. The molecule has 1 aromatic carbocycles. The lowest BCUT2D eigenvalue weighted by Gasteiger charge is -2.14. The van der Waals surface area contributed by atoms with Crippen LogP contribution in [-0.4, -0.2) is 38.0 Å². The van der Waals surface area contributed by atoms with Gasteiger partial charge in [-0.15, -0.1) is 11.3 Å². The Balaban J connectivity index is 1.38. The molecule has 0 unspecified atom stereocenters. The summed E-state index contributed by atoms with van der Waals surface area (Å²) in [6, 6.07) is 9.10. The molecule has 0 aliphatic carbocycles. The predicted molar refractivity (Wildman–Crippen MR) is 103 cm³/mol. The average Bonchev–Trinajstić information content (AvgIpc) is 3.31. The molecule has 9 heteroatoms. The third-order valence-electron chi connectivity index (χ3n) is 4.01. The second kappa shape index (κ2) is 7.73. The maximum absolute atomic E-state index is 12.5. The highest BCUT2D eigenvalue weighted by Gasteiger charge is 2.18. The van der Waals surface area contributed by atoms with Gasteiger partial charge >= 0.3 is 0 Å². The Morgan fingerprint density at radius 2 is 2.18 bits per heavy atom. The van der Waals surface area contributed by atoms with E-state index < -0.39 is 0 Å². The van der Waals surface area contributed by atoms with Crippen LogP contribution in [0.4, 0.5) is 0 Å². The highest BCUT2D eigenvalue weighted by molar-refractivity contribution is 7.18.